The van der Waals surface area contributed by atoms with Crippen LogP contribution in [-0.2, 0) is 17.8 Å². The van der Waals surface area contributed by atoms with Crippen LogP contribution < -0.4 is 5.32 Å². The maximum absolute atomic E-state index is 5.78. The van der Waals surface area contributed by atoms with Crippen LogP contribution in [0.25, 0.3) is 10.9 Å². The Balaban J connectivity index is 2.01. The van der Waals surface area contributed by atoms with Gasteiger partial charge in [0.25, 0.3) is 0 Å². The summed E-state index contributed by atoms with van der Waals surface area (Å²) in [6.45, 7) is 11.1. The van der Waals surface area contributed by atoms with Crippen molar-refractivity contribution in [1.29, 1.82) is 0 Å². The van der Waals surface area contributed by atoms with Crippen molar-refractivity contribution in [2.75, 3.05) is 19.8 Å². The highest BCUT2D eigenvalue weighted by atomic mass is 16.5. The molecule has 0 amide bonds. The van der Waals surface area contributed by atoms with Gasteiger partial charge in [0.15, 0.2) is 0 Å². The van der Waals surface area contributed by atoms with Crippen LogP contribution in [0, 0.1) is 5.92 Å². The molecule has 0 aliphatic heterocycles. The molecule has 1 N–H and O–H groups in total. The maximum Gasteiger partial charge on any atom is 0.0645 e. The third-order valence-electron chi connectivity index (χ3n) is 3.75. The lowest BCUT2D eigenvalue weighted by Gasteiger charge is -2.12. The normalized spacial score (nSPS) is 11.6. The highest BCUT2D eigenvalue weighted by molar-refractivity contribution is 5.81. The molecule has 116 valence electrons. The molecule has 1 aromatic carbocycles. The number of nitrogens with one attached hydrogen (secondary N) is 1. The van der Waals surface area contributed by atoms with E-state index in [1.807, 2.05) is 0 Å². The van der Waals surface area contributed by atoms with Gasteiger partial charge in [-0.05, 0) is 36.4 Å². The van der Waals surface area contributed by atoms with Crippen molar-refractivity contribution < 1.29 is 4.74 Å². The number of fused-ring (bicyclic) bond motifs is 1. The molecule has 0 fully saturated rings. The Kier molecular flexibility index (Phi) is 6.27. The van der Waals surface area contributed by atoms with Crippen LogP contribution in [0.2, 0.25) is 0 Å². The van der Waals surface area contributed by atoms with E-state index >= 15 is 0 Å². The Morgan fingerprint density at radius 1 is 1.19 bits per heavy atom. The summed E-state index contributed by atoms with van der Waals surface area (Å²) in [4.78, 5) is 0. The molecule has 2 aromatic rings. The minimum atomic E-state index is 0.710. The number of hydrogen-bond donors (Lipinski definition) is 1. The van der Waals surface area contributed by atoms with Gasteiger partial charge < -0.3 is 14.6 Å². The van der Waals surface area contributed by atoms with E-state index in [2.05, 4.69) is 61.0 Å². The van der Waals surface area contributed by atoms with Gasteiger partial charge in [0.1, 0.15) is 0 Å². The van der Waals surface area contributed by atoms with Crippen molar-refractivity contribution in [2.45, 2.75) is 40.3 Å². The molecule has 0 radical (unpaired) electrons. The van der Waals surface area contributed by atoms with Gasteiger partial charge in [0.05, 0.1) is 6.61 Å². The summed E-state index contributed by atoms with van der Waals surface area (Å²) in [7, 11) is 0. The van der Waals surface area contributed by atoms with Gasteiger partial charge in [0.2, 0.25) is 0 Å². The van der Waals surface area contributed by atoms with E-state index in [-0.39, 0.29) is 0 Å². The van der Waals surface area contributed by atoms with Crippen molar-refractivity contribution in [2.24, 2.45) is 5.92 Å². The summed E-state index contributed by atoms with van der Waals surface area (Å²) in [5.74, 6) is 0.710. The zero-order valence-electron chi connectivity index (χ0n) is 13.6. The number of rotatable bonds is 9. The fourth-order valence-electron chi connectivity index (χ4n) is 2.51. The first-order valence-corrected chi connectivity index (χ1v) is 8.08. The third-order valence-corrected chi connectivity index (χ3v) is 3.75. The van der Waals surface area contributed by atoms with Gasteiger partial charge in [-0.15, -0.1) is 0 Å². The van der Waals surface area contributed by atoms with E-state index in [1.54, 1.807) is 0 Å². The number of para-hydroxylation sites is 1. The Morgan fingerprint density at radius 2 is 2.00 bits per heavy atom. The first kappa shape index (κ1) is 16.1. The first-order valence-electron chi connectivity index (χ1n) is 8.08. The highest BCUT2D eigenvalue weighted by Gasteiger charge is 2.07. The number of ether oxygens (including phenoxy) is 1. The smallest absolute Gasteiger partial charge is 0.0645 e. The second-order valence-electron chi connectivity index (χ2n) is 5.92. The SMILES string of the molecule is CCNCc1cc2ccccc2n1CCOCCC(C)C. The average Bonchev–Trinajstić information content (AvgIpc) is 2.82. The molecule has 0 aliphatic carbocycles. The molecule has 0 spiro atoms. The van der Waals surface area contributed by atoms with E-state index in [0.717, 1.165) is 39.3 Å². The van der Waals surface area contributed by atoms with Crippen LogP contribution in [0.4, 0.5) is 0 Å². The predicted molar refractivity (Wildman–Crippen MR) is 89.6 cm³/mol. The van der Waals surface area contributed by atoms with Gasteiger partial charge in [0, 0.05) is 30.9 Å². The highest BCUT2D eigenvalue weighted by Crippen LogP contribution is 2.19. The van der Waals surface area contributed by atoms with Crippen LogP contribution in [0.15, 0.2) is 30.3 Å². The number of aromatic nitrogens is 1. The maximum atomic E-state index is 5.78. The van der Waals surface area contributed by atoms with Crippen LogP contribution >= 0.6 is 0 Å². The number of hydrogen-bond acceptors (Lipinski definition) is 2. The molecule has 3 nitrogen and oxygen atoms in total. The molecular weight excluding hydrogens is 260 g/mol. The van der Waals surface area contributed by atoms with Crippen molar-refractivity contribution in [3.63, 3.8) is 0 Å². The lowest BCUT2D eigenvalue weighted by atomic mass is 10.1. The lowest BCUT2D eigenvalue weighted by molar-refractivity contribution is 0.116. The fraction of sp³-hybridized carbons (Fsp3) is 0.556. The zero-order chi connectivity index (χ0) is 15.1. The quantitative estimate of drug-likeness (QED) is 0.710. The molecule has 0 atom stereocenters. The molecule has 0 saturated heterocycles. The van der Waals surface area contributed by atoms with E-state index < -0.39 is 0 Å². The van der Waals surface area contributed by atoms with E-state index in [4.69, 9.17) is 4.74 Å². The van der Waals surface area contributed by atoms with Gasteiger partial charge in [-0.1, -0.05) is 39.0 Å². The molecule has 0 bridgehead atoms. The predicted octanol–water partition coefficient (Wildman–Crippen LogP) is 3.81. The second-order valence-corrected chi connectivity index (χ2v) is 5.92. The summed E-state index contributed by atoms with van der Waals surface area (Å²) in [5, 5.41) is 4.73. The second kappa shape index (κ2) is 8.20. The minimum absolute atomic E-state index is 0.710. The first-order chi connectivity index (χ1) is 10.2. The summed E-state index contributed by atoms with van der Waals surface area (Å²) < 4.78 is 8.17. The molecule has 2 rings (SSSR count). The van der Waals surface area contributed by atoms with Gasteiger partial charge in [-0.25, -0.2) is 0 Å². The Labute approximate surface area is 128 Å². The molecule has 0 unspecified atom stereocenters. The summed E-state index contributed by atoms with van der Waals surface area (Å²) in [6.07, 6.45) is 1.14. The van der Waals surface area contributed by atoms with Crippen molar-refractivity contribution >= 4 is 10.9 Å². The molecular formula is C18H28N2O. The molecule has 1 aromatic heterocycles. The van der Waals surface area contributed by atoms with Crippen LogP contribution in [0.5, 0.6) is 0 Å². The van der Waals surface area contributed by atoms with Crippen molar-refractivity contribution in [1.82, 2.24) is 9.88 Å². The van der Waals surface area contributed by atoms with E-state index in [1.165, 1.54) is 16.6 Å². The standard InChI is InChI=1S/C18H28N2O/c1-4-19-14-17-13-16-7-5-6-8-18(16)20(17)10-12-21-11-9-15(2)3/h5-8,13,15,19H,4,9-12,14H2,1-3H3. The average molecular weight is 288 g/mol. The molecule has 0 saturated carbocycles. The lowest BCUT2D eigenvalue weighted by Crippen LogP contribution is -2.17. The molecule has 21 heavy (non-hydrogen) atoms. The van der Waals surface area contributed by atoms with Crippen LogP contribution in [0.3, 0.4) is 0 Å². The molecule has 0 aliphatic rings. The topological polar surface area (TPSA) is 26.2 Å². The van der Waals surface area contributed by atoms with Crippen LogP contribution in [0.1, 0.15) is 32.9 Å². The van der Waals surface area contributed by atoms with Gasteiger partial charge >= 0.3 is 0 Å². The number of benzene rings is 1. The third kappa shape index (κ3) is 4.58. The number of nitrogens with zero attached hydrogens (tertiary/aromatic N) is 1. The molecule has 3 heteroatoms. The van der Waals surface area contributed by atoms with E-state index in [0.29, 0.717) is 5.92 Å². The molecule has 1 heterocycles. The van der Waals surface area contributed by atoms with Crippen molar-refractivity contribution in [3.05, 3.63) is 36.0 Å². The van der Waals surface area contributed by atoms with Crippen LogP contribution in [-0.4, -0.2) is 24.3 Å². The van der Waals surface area contributed by atoms with Crippen molar-refractivity contribution in [3.8, 4) is 0 Å². The Morgan fingerprint density at radius 3 is 2.76 bits per heavy atom. The Bertz CT molecular complexity index is 545. The van der Waals surface area contributed by atoms with Gasteiger partial charge in [-0.2, -0.15) is 0 Å². The zero-order valence-corrected chi connectivity index (χ0v) is 13.6. The van der Waals surface area contributed by atoms with E-state index in [9.17, 15) is 0 Å². The summed E-state index contributed by atoms with van der Waals surface area (Å²) in [6, 6.07) is 10.9. The monoisotopic (exact) mass is 288 g/mol. The minimum Gasteiger partial charge on any atom is -0.380 e. The Hall–Kier alpha value is -1.32. The summed E-state index contributed by atoms with van der Waals surface area (Å²) >= 11 is 0. The fourth-order valence-corrected chi connectivity index (χ4v) is 2.51. The summed E-state index contributed by atoms with van der Waals surface area (Å²) in [5.41, 5.74) is 2.64. The van der Waals surface area contributed by atoms with Gasteiger partial charge in [-0.3, -0.25) is 0 Å². The largest absolute Gasteiger partial charge is 0.380 e.